The summed E-state index contributed by atoms with van der Waals surface area (Å²) in [6.07, 6.45) is 0.558. The molecule has 1 aromatic heterocycles. The van der Waals surface area contributed by atoms with Gasteiger partial charge in [-0.3, -0.25) is 9.59 Å². The molecule has 1 amide bonds. The Morgan fingerprint density at radius 2 is 1.91 bits per heavy atom. The van der Waals surface area contributed by atoms with Gasteiger partial charge in [0.1, 0.15) is 6.54 Å². The molecule has 0 spiro atoms. The van der Waals surface area contributed by atoms with Gasteiger partial charge in [-0.25, -0.2) is 12.7 Å². The fourth-order valence-corrected chi connectivity index (χ4v) is 2.48. The summed E-state index contributed by atoms with van der Waals surface area (Å²) in [7, 11) is -1.10. The highest BCUT2D eigenvalue weighted by molar-refractivity contribution is 7.88. The summed E-state index contributed by atoms with van der Waals surface area (Å²) in [5.41, 5.74) is 0. The summed E-state index contributed by atoms with van der Waals surface area (Å²) < 4.78 is 29.9. The average molecular weight is 332 g/mol. The molecule has 0 aliphatic carbocycles. The zero-order chi connectivity index (χ0) is 17.1. The van der Waals surface area contributed by atoms with Gasteiger partial charge in [0.25, 0.3) is 15.9 Å². The molecular formula is C13H20N2O6S. The molecule has 8 nitrogen and oxygen atoms in total. The maximum atomic E-state index is 12.4. The van der Waals surface area contributed by atoms with Gasteiger partial charge in [-0.15, -0.1) is 0 Å². The minimum Gasteiger partial charge on any atom is -0.480 e. The minimum atomic E-state index is -3.78. The van der Waals surface area contributed by atoms with Crippen LogP contribution in [0.15, 0.2) is 21.6 Å². The number of rotatable bonds is 7. The van der Waals surface area contributed by atoms with Crippen LogP contribution in [-0.2, 0) is 14.8 Å². The summed E-state index contributed by atoms with van der Waals surface area (Å²) >= 11 is 0. The van der Waals surface area contributed by atoms with Crippen LogP contribution in [0.2, 0.25) is 0 Å². The lowest BCUT2D eigenvalue weighted by atomic mass is 10.2. The molecule has 9 heteroatoms. The van der Waals surface area contributed by atoms with Gasteiger partial charge in [-0.05, 0) is 25.5 Å². The predicted octanol–water partition coefficient (Wildman–Crippen LogP) is 0.855. The molecule has 0 radical (unpaired) electrons. The first-order chi connectivity index (χ1) is 10.1. The van der Waals surface area contributed by atoms with Crippen LogP contribution in [0.1, 0.15) is 30.8 Å². The third-order valence-corrected chi connectivity index (χ3v) is 4.91. The predicted molar refractivity (Wildman–Crippen MR) is 78.0 cm³/mol. The molecule has 1 rings (SSSR count). The van der Waals surface area contributed by atoms with Crippen molar-refractivity contribution in [3.63, 3.8) is 0 Å². The van der Waals surface area contributed by atoms with E-state index in [9.17, 15) is 18.0 Å². The molecule has 124 valence electrons. The molecule has 1 unspecified atom stereocenters. The van der Waals surface area contributed by atoms with Crippen molar-refractivity contribution in [3.8, 4) is 0 Å². The molecule has 1 N–H and O–H groups in total. The number of hydrogen-bond acceptors (Lipinski definition) is 5. The summed E-state index contributed by atoms with van der Waals surface area (Å²) in [4.78, 5) is 24.4. The van der Waals surface area contributed by atoms with Gasteiger partial charge in [0.15, 0.2) is 5.76 Å². The summed E-state index contributed by atoms with van der Waals surface area (Å²) in [6.45, 7) is 3.04. The first kappa shape index (κ1) is 18.2. The van der Waals surface area contributed by atoms with Gasteiger partial charge in [0, 0.05) is 20.1 Å². The smallest absolute Gasteiger partial charge is 0.323 e. The second-order valence-corrected chi connectivity index (χ2v) is 7.07. The highest BCUT2D eigenvalue weighted by Gasteiger charge is 2.28. The van der Waals surface area contributed by atoms with E-state index in [2.05, 4.69) is 0 Å². The van der Waals surface area contributed by atoms with E-state index in [1.54, 1.807) is 6.92 Å². The number of carboxylic acid groups (broad SMARTS) is 1. The monoisotopic (exact) mass is 332 g/mol. The van der Waals surface area contributed by atoms with E-state index >= 15 is 0 Å². The van der Waals surface area contributed by atoms with E-state index in [-0.39, 0.29) is 16.9 Å². The molecule has 0 bridgehead atoms. The first-order valence-electron chi connectivity index (χ1n) is 6.66. The Morgan fingerprint density at radius 3 is 2.36 bits per heavy atom. The van der Waals surface area contributed by atoms with Crippen LogP contribution < -0.4 is 0 Å². The lowest BCUT2D eigenvalue weighted by Gasteiger charge is -2.25. The number of carbonyl (C=O) groups is 2. The zero-order valence-electron chi connectivity index (χ0n) is 12.9. The molecular weight excluding hydrogens is 312 g/mol. The van der Waals surface area contributed by atoms with Crippen molar-refractivity contribution in [2.24, 2.45) is 0 Å². The number of nitrogens with zero attached hydrogens (tertiary/aromatic N) is 2. The standard InChI is InChI=1S/C13H20N2O6S/c1-5-9(2)15(8-11(16)17)13(18)10-6-7-12(21-10)22(19,20)14(3)4/h6-7,9H,5,8H2,1-4H3,(H,16,17). The van der Waals surface area contributed by atoms with Crippen LogP contribution >= 0.6 is 0 Å². The maximum Gasteiger partial charge on any atom is 0.323 e. The summed E-state index contributed by atoms with van der Waals surface area (Å²) in [6, 6.07) is 2.09. The lowest BCUT2D eigenvalue weighted by Crippen LogP contribution is -2.41. The van der Waals surface area contributed by atoms with Crippen molar-refractivity contribution < 1.29 is 27.5 Å². The second kappa shape index (κ2) is 6.93. The largest absolute Gasteiger partial charge is 0.480 e. The van der Waals surface area contributed by atoms with E-state index in [1.165, 1.54) is 26.2 Å². The first-order valence-corrected chi connectivity index (χ1v) is 8.10. The number of aliphatic carboxylic acids is 1. The minimum absolute atomic E-state index is 0.207. The second-order valence-electron chi connectivity index (χ2n) is 4.99. The number of carbonyl (C=O) groups excluding carboxylic acids is 1. The Kier molecular flexibility index (Phi) is 5.72. The molecule has 0 fully saturated rings. The molecule has 0 saturated carbocycles. The number of amides is 1. The fourth-order valence-electron chi connectivity index (χ4n) is 1.69. The van der Waals surface area contributed by atoms with Gasteiger partial charge in [0.05, 0.1) is 0 Å². The number of carboxylic acids is 1. The molecule has 0 aliphatic heterocycles. The van der Waals surface area contributed by atoms with E-state index in [1.807, 2.05) is 6.92 Å². The average Bonchev–Trinajstić information content (AvgIpc) is 2.93. The van der Waals surface area contributed by atoms with Crippen LogP contribution in [0.5, 0.6) is 0 Å². The van der Waals surface area contributed by atoms with Gasteiger partial charge in [-0.2, -0.15) is 0 Å². The molecule has 22 heavy (non-hydrogen) atoms. The van der Waals surface area contributed by atoms with Crippen molar-refractivity contribution in [1.82, 2.24) is 9.21 Å². The van der Waals surface area contributed by atoms with E-state index in [0.29, 0.717) is 6.42 Å². The quantitative estimate of drug-likeness (QED) is 0.793. The van der Waals surface area contributed by atoms with Crippen LogP contribution in [0.3, 0.4) is 0 Å². The molecule has 1 atom stereocenters. The Bertz CT molecular complexity index is 649. The maximum absolute atomic E-state index is 12.4. The fraction of sp³-hybridized carbons (Fsp3) is 0.538. The SMILES string of the molecule is CCC(C)N(CC(=O)O)C(=O)c1ccc(S(=O)(=O)N(C)C)o1. The third kappa shape index (κ3) is 3.86. The third-order valence-electron chi connectivity index (χ3n) is 3.22. The lowest BCUT2D eigenvalue weighted by molar-refractivity contribution is -0.138. The Labute approximate surface area is 129 Å². The van der Waals surface area contributed by atoms with Gasteiger partial charge >= 0.3 is 5.97 Å². The summed E-state index contributed by atoms with van der Waals surface area (Å²) in [5, 5.41) is 8.54. The van der Waals surface area contributed by atoms with Crippen LogP contribution in [0, 0.1) is 0 Å². The molecule has 1 heterocycles. The number of sulfonamides is 1. The molecule has 1 aromatic rings. The normalized spacial score (nSPS) is 13.1. The number of hydrogen-bond donors (Lipinski definition) is 1. The van der Waals surface area contributed by atoms with Crippen molar-refractivity contribution >= 4 is 21.9 Å². The van der Waals surface area contributed by atoms with E-state index in [4.69, 9.17) is 9.52 Å². The topological polar surface area (TPSA) is 108 Å². The van der Waals surface area contributed by atoms with Gasteiger partial charge < -0.3 is 14.4 Å². The van der Waals surface area contributed by atoms with E-state index < -0.39 is 28.4 Å². The zero-order valence-corrected chi connectivity index (χ0v) is 13.8. The van der Waals surface area contributed by atoms with Crippen LogP contribution in [0.4, 0.5) is 0 Å². The van der Waals surface area contributed by atoms with Crippen molar-refractivity contribution in [1.29, 1.82) is 0 Å². The van der Waals surface area contributed by atoms with Crippen molar-refractivity contribution in [3.05, 3.63) is 17.9 Å². The number of furan rings is 1. The van der Waals surface area contributed by atoms with E-state index in [0.717, 1.165) is 9.21 Å². The Balaban J connectivity index is 3.11. The van der Waals surface area contributed by atoms with Gasteiger partial charge in [0.2, 0.25) is 5.09 Å². The molecule has 0 saturated heterocycles. The summed E-state index contributed by atoms with van der Waals surface area (Å²) in [5.74, 6) is -2.01. The Morgan fingerprint density at radius 1 is 1.32 bits per heavy atom. The molecule has 0 aromatic carbocycles. The van der Waals surface area contributed by atoms with Crippen LogP contribution in [0.25, 0.3) is 0 Å². The highest BCUT2D eigenvalue weighted by Crippen LogP contribution is 2.19. The van der Waals surface area contributed by atoms with Crippen molar-refractivity contribution in [2.45, 2.75) is 31.4 Å². The highest BCUT2D eigenvalue weighted by atomic mass is 32.2. The van der Waals surface area contributed by atoms with Gasteiger partial charge in [-0.1, -0.05) is 6.92 Å². The van der Waals surface area contributed by atoms with Crippen LogP contribution in [-0.4, -0.2) is 61.3 Å². The molecule has 0 aliphatic rings. The van der Waals surface area contributed by atoms with Crippen molar-refractivity contribution in [2.75, 3.05) is 20.6 Å². The Hall–Kier alpha value is -1.87.